The molecule has 31 heavy (non-hydrogen) atoms. The van der Waals surface area contributed by atoms with Gasteiger partial charge in [-0.15, -0.1) is 0 Å². The molecule has 0 saturated carbocycles. The lowest BCUT2D eigenvalue weighted by atomic mass is 10.1. The normalized spacial score (nSPS) is 10.7. The lowest BCUT2D eigenvalue weighted by Gasteiger charge is -2.14. The maximum absolute atomic E-state index is 14.0. The molecule has 0 aliphatic heterocycles. The maximum atomic E-state index is 14.0. The van der Waals surface area contributed by atoms with Crippen molar-refractivity contribution in [2.45, 2.75) is 19.3 Å². The molecule has 1 heterocycles. The lowest BCUT2D eigenvalue weighted by Crippen LogP contribution is -2.25. The molecule has 1 amide bonds. The van der Waals surface area contributed by atoms with Gasteiger partial charge in [-0.2, -0.15) is 12.6 Å². The quantitative estimate of drug-likeness (QED) is 0.329. The molecule has 0 radical (unpaired) electrons. The fourth-order valence-electron chi connectivity index (χ4n) is 3.01. The van der Waals surface area contributed by atoms with Crippen LogP contribution in [0, 0.1) is 5.82 Å². The number of rotatable bonds is 11. The van der Waals surface area contributed by atoms with Crippen LogP contribution in [0.15, 0.2) is 48.7 Å². The largest absolute Gasteiger partial charge is 0.493 e. The molecule has 0 aliphatic carbocycles. The number of carbonyl (C=O) groups is 1. The van der Waals surface area contributed by atoms with E-state index in [0.29, 0.717) is 41.3 Å². The number of carbonyl (C=O) groups excluding carboxylic acids is 1. The SMILES string of the molecule is COc1cc2c(Oc3ccccc3F)ccnc2cc1OCCCCCNC(=O)CS. The Morgan fingerprint density at radius 1 is 1.06 bits per heavy atom. The second kappa shape index (κ2) is 11.4. The van der Waals surface area contributed by atoms with Crippen molar-refractivity contribution in [2.24, 2.45) is 0 Å². The van der Waals surface area contributed by atoms with Crippen LogP contribution in [0.5, 0.6) is 23.0 Å². The minimum atomic E-state index is -0.440. The number of nitrogens with zero attached hydrogens (tertiary/aromatic N) is 1. The molecule has 0 saturated heterocycles. The molecule has 0 fully saturated rings. The Kier molecular flexibility index (Phi) is 8.35. The van der Waals surface area contributed by atoms with Gasteiger partial charge < -0.3 is 19.5 Å². The molecular weight excluding hydrogens is 419 g/mol. The molecule has 0 bridgehead atoms. The Hall–Kier alpha value is -3.00. The highest BCUT2D eigenvalue weighted by molar-refractivity contribution is 7.81. The summed E-state index contributed by atoms with van der Waals surface area (Å²) >= 11 is 3.92. The van der Waals surface area contributed by atoms with Gasteiger partial charge in [-0.1, -0.05) is 12.1 Å². The van der Waals surface area contributed by atoms with Gasteiger partial charge in [0.15, 0.2) is 23.1 Å². The highest BCUT2D eigenvalue weighted by Gasteiger charge is 2.13. The number of methoxy groups -OCH3 is 1. The van der Waals surface area contributed by atoms with Crippen molar-refractivity contribution in [3.05, 3.63) is 54.5 Å². The molecular formula is C23H25FN2O4S. The lowest BCUT2D eigenvalue weighted by molar-refractivity contribution is -0.118. The first-order valence-electron chi connectivity index (χ1n) is 10.0. The third-order valence-corrected chi connectivity index (χ3v) is 4.88. The van der Waals surface area contributed by atoms with Crippen LogP contribution >= 0.6 is 12.6 Å². The zero-order chi connectivity index (χ0) is 22.1. The van der Waals surface area contributed by atoms with Crippen molar-refractivity contribution in [1.29, 1.82) is 0 Å². The van der Waals surface area contributed by atoms with Crippen molar-refractivity contribution in [1.82, 2.24) is 10.3 Å². The summed E-state index contributed by atoms with van der Waals surface area (Å²) in [6.07, 6.45) is 4.23. The smallest absolute Gasteiger partial charge is 0.229 e. The van der Waals surface area contributed by atoms with Gasteiger partial charge in [-0.05, 0) is 43.5 Å². The van der Waals surface area contributed by atoms with E-state index in [4.69, 9.17) is 14.2 Å². The fraction of sp³-hybridized carbons (Fsp3) is 0.304. The van der Waals surface area contributed by atoms with E-state index in [1.807, 2.05) is 0 Å². The number of thiol groups is 1. The van der Waals surface area contributed by atoms with Crippen LogP contribution in [0.25, 0.3) is 10.9 Å². The predicted octanol–water partition coefficient (Wildman–Crippen LogP) is 4.77. The monoisotopic (exact) mass is 444 g/mol. The molecule has 1 N–H and O–H groups in total. The number of nitrogens with one attached hydrogen (secondary N) is 1. The first-order valence-corrected chi connectivity index (χ1v) is 10.6. The fourth-order valence-corrected chi connectivity index (χ4v) is 3.12. The van der Waals surface area contributed by atoms with E-state index in [2.05, 4.69) is 22.9 Å². The van der Waals surface area contributed by atoms with E-state index < -0.39 is 5.82 Å². The number of hydrogen-bond donors (Lipinski definition) is 2. The van der Waals surface area contributed by atoms with Crippen molar-refractivity contribution >= 4 is 29.4 Å². The summed E-state index contributed by atoms with van der Waals surface area (Å²) in [5, 5.41) is 3.48. The van der Waals surface area contributed by atoms with Gasteiger partial charge in [0.05, 0.1) is 25.0 Å². The number of unbranched alkanes of at least 4 members (excludes halogenated alkanes) is 2. The third kappa shape index (κ3) is 6.24. The van der Waals surface area contributed by atoms with Crippen molar-refractivity contribution in [3.63, 3.8) is 0 Å². The summed E-state index contributed by atoms with van der Waals surface area (Å²) in [5.74, 6) is 1.43. The third-order valence-electron chi connectivity index (χ3n) is 4.59. The molecule has 6 nitrogen and oxygen atoms in total. The maximum Gasteiger partial charge on any atom is 0.229 e. The van der Waals surface area contributed by atoms with Gasteiger partial charge in [0.1, 0.15) is 5.75 Å². The summed E-state index contributed by atoms with van der Waals surface area (Å²) in [5.41, 5.74) is 0.652. The number of hydrogen-bond acceptors (Lipinski definition) is 6. The number of halogens is 1. The predicted molar refractivity (Wildman–Crippen MR) is 121 cm³/mol. The highest BCUT2D eigenvalue weighted by atomic mass is 32.1. The Balaban J connectivity index is 1.65. The van der Waals surface area contributed by atoms with Crippen LogP contribution in [0.1, 0.15) is 19.3 Å². The van der Waals surface area contributed by atoms with Crippen LogP contribution in [-0.4, -0.2) is 36.9 Å². The highest BCUT2D eigenvalue weighted by Crippen LogP contribution is 2.37. The summed E-state index contributed by atoms with van der Waals surface area (Å²) in [7, 11) is 1.56. The average molecular weight is 445 g/mol. The van der Waals surface area contributed by atoms with E-state index >= 15 is 0 Å². The molecule has 164 valence electrons. The minimum Gasteiger partial charge on any atom is -0.493 e. The standard InChI is InChI=1S/C23H25FN2O4S/c1-28-21-13-16-18(14-22(21)29-12-6-2-5-10-26-23(27)15-31)25-11-9-19(16)30-20-8-4-3-7-17(20)24/h3-4,7-9,11,13-14,31H,2,5-6,10,12,15H2,1H3,(H,26,27). The summed E-state index contributed by atoms with van der Waals surface area (Å²) in [6, 6.07) is 11.5. The molecule has 1 aromatic heterocycles. The molecule has 0 aliphatic rings. The number of fused-ring (bicyclic) bond motifs is 1. The Labute approximate surface area is 186 Å². The first-order chi connectivity index (χ1) is 15.1. The van der Waals surface area contributed by atoms with E-state index in [1.54, 1.807) is 49.7 Å². The summed E-state index contributed by atoms with van der Waals surface area (Å²) in [6.45, 7) is 1.14. The van der Waals surface area contributed by atoms with Crippen LogP contribution < -0.4 is 19.5 Å². The Morgan fingerprint density at radius 3 is 2.68 bits per heavy atom. The van der Waals surface area contributed by atoms with E-state index in [1.165, 1.54) is 6.07 Å². The molecule has 3 aromatic rings. The zero-order valence-electron chi connectivity index (χ0n) is 17.3. The topological polar surface area (TPSA) is 69.7 Å². The van der Waals surface area contributed by atoms with Crippen LogP contribution in [-0.2, 0) is 4.79 Å². The minimum absolute atomic E-state index is 0.0636. The van der Waals surface area contributed by atoms with Crippen molar-refractivity contribution < 1.29 is 23.4 Å². The number of amides is 1. The molecule has 0 atom stereocenters. The molecule has 3 rings (SSSR count). The summed E-state index contributed by atoms with van der Waals surface area (Å²) in [4.78, 5) is 15.5. The van der Waals surface area contributed by atoms with Crippen LogP contribution in [0.2, 0.25) is 0 Å². The molecule has 2 aromatic carbocycles. The zero-order valence-corrected chi connectivity index (χ0v) is 18.2. The number of pyridine rings is 1. The molecule has 8 heteroatoms. The van der Waals surface area contributed by atoms with Gasteiger partial charge in [-0.25, -0.2) is 4.39 Å². The van der Waals surface area contributed by atoms with Gasteiger partial charge in [-0.3, -0.25) is 9.78 Å². The number of aromatic nitrogens is 1. The van der Waals surface area contributed by atoms with E-state index in [-0.39, 0.29) is 17.4 Å². The van der Waals surface area contributed by atoms with Gasteiger partial charge in [0, 0.05) is 24.2 Å². The number of benzene rings is 2. The van der Waals surface area contributed by atoms with Gasteiger partial charge in [0.2, 0.25) is 5.91 Å². The average Bonchev–Trinajstić information content (AvgIpc) is 2.79. The molecule has 0 spiro atoms. The van der Waals surface area contributed by atoms with E-state index in [9.17, 15) is 9.18 Å². The number of para-hydroxylation sites is 1. The van der Waals surface area contributed by atoms with Crippen molar-refractivity contribution in [3.8, 4) is 23.0 Å². The Bertz CT molecular complexity index is 1030. The second-order valence-electron chi connectivity index (χ2n) is 6.78. The van der Waals surface area contributed by atoms with Gasteiger partial charge >= 0.3 is 0 Å². The Morgan fingerprint density at radius 2 is 1.90 bits per heavy atom. The molecule has 0 unspecified atom stereocenters. The number of ether oxygens (including phenoxy) is 3. The van der Waals surface area contributed by atoms with Crippen LogP contribution in [0.3, 0.4) is 0 Å². The van der Waals surface area contributed by atoms with E-state index in [0.717, 1.165) is 19.3 Å². The van der Waals surface area contributed by atoms with Gasteiger partial charge in [0.25, 0.3) is 0 Å². The van der Waals surface area contributed by atoms with Crippen LogP contribution in [0.4, 0.5) is 4.39 Å². The second-order valence-corrected chi connectivity index (χ2v) is 7.10. The summed E-state index contributed by atoms with van der Waals surface area (Å²) < 4.78 is 31.1. The first kappa shape index (κ1) is 22.7. The van der Waals surface area contributed by atoms with Crippen molar-refractivity contribution in [2.75, 3.05) is 26.0 Å².